The number of rotatable bonds is 3. The lowest BCUT2D eigenvalue weighted by atomic mass is 9.85. The van der Waals surface area contributed by atoms with Crippen LogP contribution < -0.4 is 5.73 Å². The van der Waals surface area contributed by atoms with Gasteiger partial charge in [0.25, 0.3) is 0 Å². The van der Waals surface area contributed by atoms with Crippen molar-refractivity contribution in [2.45, 2.75) is 18.8 Å². The molecule has 1 saturated heterocycles. The molecule has 1 fully saturated rings. The fourth-order valence-corrected chi connectivity index (χ4v) is 2.13. The molecule has 82 valence electrons. The lowest BCUT2D eigenvalue weighted by molar-refractivity contribution is 0.0577. The third kappa shape index (κ3) is 2.52. The zero-order valence-electron chi connectivity index (χ0n) is 8.80. The molecule has 1 atom stereocenters. The van der Waals surface area contributed by atoms with Crippen LogP contribution in [0.25, 0.3) is 0 Å². The van der Waals surface area contributed by atoms with Crippen LogP contribution in [0.1, 0.15) is 24.6 Å². The summed E-state index contributed by atoms with van der Waals surface area (Å²) in [5.41, 5.74) is 5.81. The molecule has 2 N–H and O–H groups in total. The van der Waals surface area contributed by atoms with Gasteiger partial charge in [-0.25, -0.2) is 9.97 Å². The van der Waals surface area contributed by atoms with Gasteiger partial charge < -0.3 is 10.5 Å². The van der Waals surface area contributed by atoms with Crippen molar-refractivity contribution in [3.63, 3.8) is 0 Å². The van der Waals surface area contributed by atoms with Crippen LogP contribution in [0.15, 0.2) is 18.5 Å². The second-order valence-electron chi connectivity index (χ2n) is 3.90. The lowest BCUT2D eigenvalue weighted by Gasteiger charge is -2.28. The Balaban J connectivity index is 2.09. The highest BCUT2D eigenvalue weighted by Gasteiger charge is 2.25. The predicted octanol–water partition coefficient (Wildman–Crippen LogP) is 0.945. The SMILES string of the molecule is NCC(c1ncccn1)C1CCOCC1. The molecule has 4 heteroatoms. The van der Waals surface area contributed by atoms with Gasteiger partial charge in [-0.3, -0.25) is 0 Å². The Morgan fingerprint density at radius 3 is 2.60 bits per heavy atom. The van der Waals surface area contributed by atoms with Crippen LogP contribution in [-0.4, -0.2) is 29.7 Å². The van der Waals surface area contributed by atoms with Gasteiger partial charge in [-0.2, -0.15) is 0 Å². The summed E-state index contributed by atoms with van der Waals surface area (Å²) in [6, 6.07) is 1.83. The highest BCUT2D eigenvalue weighted by molar-refractivity contribution is 5.00. The van der Waals surface area contributed by atoms with E-state index in [4.69, 9.17) is 10.5 Å². The van der Waals surface area contributed by atoms with Gasteiger partial charge in [0.05, 0.1) is 0 Å². The number of nitrogens with zero attached hydrogens (tertiary/aromatic N) is 2. The van der Waals surface area contributed by atoms with E-state index in [1.165, 1.54) is 0 Å². The molecule has 0 bridgehead atoms. The van der Waals surface area contributed by atoms with Crippen molar-refractivity contribution in [3.05, 3.63) is 24.3 Å². The Labute approximate surface area is 89.9 Å². The Morgan fingerprint density at radius 1 is 1.33 bits per heavy atom. The molecule has 2 rings (SSSR count). The Morgan fingerprint density at radius 2 is 2.00 bits per heavy atom. The number of aromatic nitrogens is 2. The summed E-state index contributed by atoms with van der Waals surface area (Å²) < 4.78 is 5.35. The van der Waals surface area contributed by atoms with Gasteiger partial charge in [0, 0.05) is 38.1 Å². The summed E-state index contributed by atoms with van der Waals surface area (Å²) in [7, 11) is 0. The monoisotopic (exact) mass is 207 g/mol. The number of hydrogen-bond donors (Lipinski definition) is 1. The minimum absolute atomic E-state index is 0.287. The van der Waals surface area contributed by atoms with Crippen molar-refractivity contribution in [2.24, 2.45) is 11.7 Å². The van der Waals surface area contributed by atoms with Gasteiger partial charge in [-0.15, -0.1) is 0 Å². The summed E-state index contributed by atoms with van der Waals surface area (Å²) in [4.78, 5) is 8.59. The van der Waals surface area contributed by atoms with Crippen LogP contribution in [0, 0.1) is 5.92 Å². The minimum Gasteiger partial charge on any atom is -0.381 e. The quantitative estimate of drug-likeness (QED) is 0.801. The van der Waals surface area contributed by atoms with E-state index in [-0.39, 0.29) is 5.92 Å². The van der Waals surface area contributed by atoms with E-state index in [2.05, 4.69) is 9.97 Å². The lowest BCUT2D eigenvalue weighted by Crippen LogP contribution is -2.28. The molecule has 15 heavy (non-hydrogen) atoms. The molecular weight excluding hydrogens is 190 g/mol. The minimum atomic E-state index is 0.287. The molecule has 0 aliphatic carbocycles. The van der Waals surface area contributed by atoms with Crippen molar-refractivity contribution in [1.29, 1.82) is 0 Å². The summed E-state index contributed by atoms with van der Waals surface area (Å²) in [6.45, 7) is 2.30. The second kappa shape index (κ2) is 5.19. The molecule has 1 aliphatic rings. The van der Waals surface area contributed by atoms with Crippen molar-refractivity contribution < 1.29 is 4.74 Å². The molecule has 0 saturated carbocycles. The van der Waals surface area contributed by atoms with Crippen molar-refractivity contribution in [3.8, 4) is 0 Å². The van der Waals surface area contributed by atoms with Crippen molar-refractivity contribution in [1.82, 2.24) is 9.97 Å². The Bertz CT molecular complexity index is 285. The van der Waals surface area contributed by atoms with E-state index in [1.807, 2.05) is 6.07 Å². The standard InChI is InChI=1S/C11H17N3O/c12-8-10(9-2-6-15-7-3-9)11-13-4-1-5-14-11/h1,4-5,9-10H,2-3,6-8,12H2. The average molecular weight is 207 g/mol. The van der Waals surface area contributed by atoms with Crippen LogP contribution in [0.5, 0.6) is 0 Å². The molecule has 1 aliphatic heterocycles. The topological polar surface area (TPSA) is 61.0 Å². The zero-order valence-corrected chi connectivity index (χ0v) is 8.80. The van der Waals surface area contributed by atoms with Gasteiger partial charge in [0.1, 0.15) is 5.82 Å². The zero-order chi connectivity index (χ0) is 10.5. The van der Waals surface area contributed by atoms with Gasteiger partial charge in [-0.05, 0) is 24.8 Å². The fourth-order valence-electron chi connectivity index (χ4n) is 2.13. The summed E-state index contributed by atoms with van der Waals surface area (Å²) in [5.74, 6) is 1.74. The number of nitrogens with two attached hydrogens (primary N) is 1. The third-order valence-electron chi connectivity index (χ3n) is 3.01. The molecule has 1 unspecified atom stereocenters. The van der Waals surface area contributed by atoms with E-state index in [1.54, 1.807) is 12.4 Å². The summed E-state index contributed by atoms with van der Waals surface area (Å²) in [6.07, 6.45) is 5.70. The molecular formula is C11H17N3O. The largest absolute Gasteiger partial charge is 0.381 e. The van der Waals surface area contributed by atoms with Crippen LogP contribution in [-0.2, 0) is 4.74 Å². The number of hydrogen-bond acceptors (Lipinski definition) is 4. The van der Waals surface area contributed by atoms with E-state index < -0.39 is 0 Å². The first-order valence-corrected chi connectivity index (χ1v) is 5.46. The maximum atomic E-state index is 5.81. The van der Waals surface area contributed by atoms with E-state index in [9.17, 15) is 0 Å². The smallest absolute Gasteiger partial charge is 0.132 e. The predicted molar refractivity (Wildman–Crippen MR) is 57.4 cm³/mol. The molecule has 0 radical (unpaired) electrons. The first kappa shape index (κ1) is 10.5. The molecule has 4 nitrogen and oxygen atoms in total. The maximum absolute atomic E-state index is 5.81. The molecule has 0 aromatic carbocycles. The highest BCUT2D eigenvalue weighted by Crippen LogP contribution is 2.28. The Hall–Kier alpha value is -1.00. The van der Waals surface area contributed by atoms with E-state index >= 15 is 0 Å². The normalized spacial score (nSPS) is 20.1. The molecule has 0 spiro atoms. The fraction of sp³-hybridized carbons (Fsp3) is 0.636. The summed E-state index contributed by atoms with van der Waals surface area (Å²) in [5, 5.41) is 0. The summed E-state index contributed by atoms with van der Waals surface area (Å²) >= 11 is 0. The van der Waals surface area contributed by atoms with Crippen molar-refractivity contribution >= 4 is 0 Å². The van der Waals surface area contributed by atoms with E-state index in [0.29, 0.717) is 12.5 Å². The first-order valence-electron chi connectivity index (χ1n) is 5.46. The maximum Gasteiger partial charge on any atom is 0.132 e. The van der Waals surface area contributed by atoms with Crippen molar-refractivity contribution in [2.75, 3.05) is 19.8 Å². The van der Waals surface area contributed by atoms with Gasteiger partial charge in [-0.1, -0.05) is 0 Å². The number of ether oxygens (including phenoxy) is 1. The average Bonchev–Trinajstić information content (AvgIpc) is 2.33. The van der Waals surface area contributed by atoms with E-state index in [0.717, 1.165) is 31.9 Å². The second-order valence-corrected chi connectivity index (χ2v) is 3.90. The van der Waals surface area contributed by atoms with Crippen LogP contribution in [0.3, 0.4) is 0 Å². The van der Waals surface area contributed by atoms with Gasteiger partial charge >= 0.3 is 0 Å². The molecule has 2 heterocycles. The molecule has 1 aromatic heterocycles. The van der Waals surface area contributed by atoms with Gasteiger partial charge in [0.15, 0.2) is 0 Å². The molecule has 0 amide bonds. The first-order chi connectivity index (χ1) is 7.42. The Kier molecular flexibility index (Phi) is 3.64. The highest BCUT2D eigenvalue weighted by atomic mass is 16.5. The third-order valence-corrected chi connectivity index (χ3v) is 3.01. The molecule has 1 aromatic rings. The van der Waals surface area contributed by atoms with Crippen LogP contribution in [0.2, 0.25) is 0 Å². The van der Waals surface area contributed by atoms with Crippen LogP contribution in [0.4, 0.5) is 0 Å². The van der Waals surface area contributed by atoms with Crippen LogP contribution >= 0.6 is 0 Å². The van der Waals surface area contributed by atoms with Gasteiger partial charge in [0.2, 0.25) is 0 Å².